The molecule has 4 amide bonds. The van der Waals surface area contributed by atoms with Crippen LogP contribution in [-0.4, -0.2) is 29.3 Å². The fourth-order valence-electron chi connectivity index (χ4n) is 3.80. The summed E-state index contributed by atoms with van der Waals surface area (Å²) in [5.74, 6) is -3.04. The molecule has 0 spiro atoms. The van der Waals surface area contributed by atoms with Gasteiger partial charge in [-0.05, 0) is 80.4 Å². The number of carbonyl (C=O) groups is 3. The number of rotatable bonds is 6. The van der Waals surface area contributed by atoms with Crippen molar-refractivity contribution in [2.75, 3.05) is 11.9 Å². The molecule has 1 atom stereocenters. The Hall–Kier alpha value is -3.72. The molecule has 1 saturated heterocycles. The molecular weight excluding hydrogens is 472 g/mol. The number of imide groups is 1. The van der Waals surface area contributed by atoms with Gasteiger partial charge in [-0.2, -0.15) is 0 Å². The molecule has 3 aromatic carbocycles. The van der Waals surface area contributed by atoms with Crippen LogP contribution in [0, 0.1) is 25.5 Å². The highest BCUT2D eigenvalue weighted by atomic mass is 32.2. The second-order valence-corrected chi connectivity index (χ2v) is 9.63. The first-order valence-electron chi connectivity index (χ1n) is 10.8. The highest BCUT2D eigenvalue weighted by molar-refractivity contribution is 7.99. The van der Waals surface area contributed by atoms with E-state index in [9.17, 15) is 23.2 Å². The number of hydrogen-bond donors (Lipinski definition) is 2. The lowest BCUT2D eigenvalue weighted by molar-refractivity contribution is -0.133. The van der Waals surface area contributed by atoms with E-state index in [0.29, 0.717) is 10.6 Å². The fourth-order valence-corrected chi connectivity index (χ4v) is 4.80. The molecule has 1 unspecified atom stereocenters. The minimum Gasteiger partial charge on any atom is -0.325 e. The van der Waals surface area contributed by atoms with Crippen LogP contribution in [0.15, 0.2) is 70.5 Å². The molecule has 9 heteroatoms. The van der Waals surface area contributed by atoms with Crippen molar-refractivity contribution < 1.29 is 23.2 Å². The smallest absolute Gasteiger partial charge is 0.325 e. The lowest BCUT2D eigenvalue weighted by Crippen LogP contribution is -2.42. The van der Waals surface area contributed by atoms with Gasteiger partial charge in [0.15, 0.2) is 0 Å². The fraction of sp³-hybridized carbons (Fsp3) is 0.192. The van der Waals surface area contributed by atoms with E-state index in [1.54, 1.807) is 23.9 Å². The minimum atomic E-state index is -1.82. The van der Waals surface area contributed by atoms with Crippen molar-refractivity contribution in [1.82, 2.24) is 10.2 Å². The molecule has 1 fully saturated rings. The van der Waals surface area contributed by atoms with Crippen LogP contribution in [0.3, 0.4) is 0 Å². The van der Waals surface area contributed by atoms with Gasteiger partial charge < -0.3 is 10.6 Å². The topological polar surface area (TPSA) is 78.5 Å². The Morgan fingerprint density at radius 2 is 1.74 bits per heavy atom. The number of anilines is 1. The molecule has 1 aliphatic rings. The Morgan fingerprint density at radius 3 is 2.46 bits per heavy atom. The van der Waals surface area contributed by atoms with Crippen LogP contribution < -0.4 is 10.6 Å². The van der Waals surface area contributed by atoms with Gasteiger partial charge in [-0.15, -0.1) is 0 Å². The SMILES string of the molecule is Cc1ccc(C)c(Sc2ccc(NC(=O)CN3C(=O)NC(C)(c4cc(F)ccc4F)C3=O)cc2)c1. The Labute approximate surface area is 205 Å². The van der Waals surface area contributed by atoms with Crippen molar-refractivity contribution in [3.05, 3.63) is 89.0 Å². The third-order valence-electron chi connectivity index (χ3n) is 5.75. The van der Waals surface area contributed by atoms with Crippen molar-refractivity contribution in [3.63, 3.8) is 0 Å². The Morgan fingerprint density at radius 1 is 1.03 bits per heavy atom. The van der Waals surface area contributed by atoms with Crippen LogP contribution in [0.5, 0.6) is 0 Å². The van der Waals surface area contributed by atoms with E-state index in [4.69, 9.17) is 0 Å². The number of urea groups is 1. The summed E-state index contributed by atoms with van der Waals surface area (Å²) in [6.07, 6.45) is 0. The summed E-state index contributed by atoms with van der Waals surface area (Å²) in [6, 6.07) is 15.2. The lowest BCUT2D eigenvalue weighted by atomic mass is 9.91. The molecule has 35 heavy (non-hydrogen) atoms. The van der Waals surface area contributed by atoms with Crippen LogP contribution in [0.2, 0.25) is 0 Å². The van der Waals surface area contributed by atoms with Crippen molar-refractivity contribution >= 4 is 35.3 Å². The number of benzene rings is 3. The Bertz CT molecular complexity index is 1330. The van der Waals surface area contributed by atoms with E-state index < -0.39 is 41.6 Å². The molecular formula is C26H23F2N3O3S. The normalized spacial score (nSPS) is 17.5. The summed E-state index contributed by atoms with van der Waals surface area (Å²) in [5.41, 5.74) is 0.688. The zero-order valence-corrected chi connectivity index (χ0v) is 20.1. The molecule has 0 aliphatic carbocycles. The predicted octanol–water partition coefficient (Wildman–Crippen LogP) is 5.14. The summed E-state index contributed by atoms with van der Waals surface area (Å²) in [4.78, 5) is 40.7. The van der Waals surface area contributed by atoms with Gasteiger partial charge in [0.1, 0.15) is 23.7 Å². The van der Waals surface area contributed by atoms with E-state index in [1.807, 2.05) is 26.0 Å². The molecule has 0 bridgehead atoms. The number of nitrogens with one attached hydrogen (secondary N) is 2. The first-order chi connectivity index (χ1) is 16.6. The molecule has 0 radical (unpaired) electrons. The highest BCUT2D eigenvalue weighted by Gasteiger charge is 2.50. The summed E-state index contributed by atoms with van der Waals surface area (Å²) in [5, 5.41) is 5.02. The molecule has 6 nitrogen and oxygen atoms in total. The van der Waals surface area contributed by atoms with Crippen LogP contribution in [0.1, 0.15) is 23.6 Å². The van der Waals surface area contributed by atoms with Gasteiger partial charge in [0.2, 0.25) is 5.91 Å². The van der Waals surface area contributed by atoms with Crippen molar-refractivity contribution in [3.8, 4) is 0 Å². The van der Waals surface area contributed by atoms with Crippen molar-refractivity contribution in [1.29, 1.82) is 0 Å². The number of nitrogens with zero attached hydrogens (tertiary/aromatic N) is 1. The second kappa shape index (κ2) is 9.50. The molecule has 0 saturated carbocycles. The van der Waals surface area contributed by atoms with E-state index >= 15 is 0 Å². The van der Waals surface area contributed by atoms with Gasteiger partial charge >= 0.3 is 6.03 Å². The van der Waals surface area contributed by atoms with Crippen molar-refractivity contribution in [2.45, 2.75) is 36.1 Å². The molecule has 3 aromatic rings. The van der Waals surface area contributed by atoms with Gasteiger partial charge in [0.25, 0.3) is 5.91 Å². The first-order valence-corrected chi connectivity index (χ1v) is 11.6. The maximum atomic E-state index is 14.3. The van der Waals surface area contributed by atoms with Gasteiger partial charge in [0, 0.05) is 21.0 Å². The maximum Gasteiger partial charge on any atom is 0.325 e. The summed E-state index contributed by atoms with van der Waals surface area (Å²) >= 11 is 1.61. The van der Waals surface area contributed by atoms with Gasteiger partial charge in [-0.25, -0.2) is 13.6 Å². The third-order valence-corrected chi connectivity index (χ3v) is 6.92. The molecule has 2 N–H and O–H groups in total. The zero-order valence-electron chi connectivity index (χ0n) is 19.3. The highest BCUT2D eigenvalue weighted by Crippen LogP contribution is 2.33. The first kappa shape index (κ1) is 24.4. The van der Waals surface area contributed by atoms with Gasteiger partial charge in [-0.3, -0.25) is 14.5 Å². The van der Waals surface area contributed by atoms with Gasteiger partial charge in [0.05, 0.1) is 0 Å². The van der Waals surface area contributed by atoms with Crippen LogP contribution >= 0.6 is 11.8 Å². The quantitative estimate of drug-likeness (QED) is 0.465. The average molecular weight is 496 g/mol. The number of amides is 4. The number of halogens is 2. The molecule has 4 rings (SSSR count). The number of aryl methyl sites for hydroxylation is 2. The number of carbonyl (C=O) groups excluding carboxylic acids is 3. The van der Waals surface area contributed by atoms with E-state index in [2.05, 4.69) is 28.8 Å². The van der Waals surface area contributed by atoms with E-state index in [1.165, 1.54) is 12.5 Å². The third kappa shape index (κ3) is 5.05. The van der Waals surface area contributed by atoms with Crippen molar-refractivity contribution in [2.24, 2.45) is 0 Å². The van der Waals surface area contributed by atoms with Gasteiger partial charge in [-0.1, -0.05) is 23.9 Å². The molecule has 1 heterocycles. The monoisotopic (exact) mass is 495 g/mol. The summed E-state index contributed by atoms with van der Waals surface area (Å²) in [7, 11) is 0. The largest absolute Gasteiger partial charge is 0.325 e. The minimum absolute atomic E-state index is 0.310. The van der Waals surface area contributed by atoms with Crippen LogP contribution in [0.4, 0.5) is 19.3 Å². The zero-order chi connectivity index (χ0) is 25.3. The Balaban J connectivity index is 1.42. The maximum absolute atomic E-state index is 14.3. The predicted molar refractivity (Wildman–Crippen MR) is 129 cm³/mol. The van der Waals surface area contributed by atoms with Crippen LogP contribution in [-0.2, 0) is 15.1 Å². The Kier molecular flexibility index (Phi) is 6.62. The summed E-state index contributed by atoms with van der Waals surface area (Å²) < 4.78 is 27.9. The average Bonchev–Trinajstić information content (AvgIpc) is 3.02. The molecule has 1 aliphatic heterocycles. The van der Waals surface area contributed by atoms with E-state index in [-0.39, 0.29) is 5.56 Å². The molecule has 0 aromatic heterocycles. The summed E-state index contributed by atoms with van der Waals surface area (Å²) in [6.45, 7) is 4.77. The van der Waals surface area contributed by atoms with Crippen LogP contribution in [0.25, 0.3) is 0 Å². The lowest BCUT2D eigenvalue weighted by Gasteiger charge is -2.22. The standard InChI is InChI=1S/C26H23F2N3O3S/c1-15-4-5-16(2)22(12-15)35-19-9-7-18(8-10-19)29-23(32)14-31-24(33)26(3,30-25(31)34)20-13-17(27)6-11-21(20)28/h4-13H,14H2,1-3H3,(H,29,32)(H,30,34). The molecule has 180 valence electrons. The number of hydrogen-bond acceptors (Lipinski definition) is 4. The van der Waals surface area contributed by atoms with E-state index in [0.717, 1.165) is 33.6 Å². The second-order valence-electron chi connectivity index (χ2n) is 8.51.